The molecule has 0 radical (unpaired) electrons. The Balaban J connectivity index is 1.89. The molecule has 0 aliphatic heterocycles. The van der Waals surface area contributed by atoms with Gasteiger partial charge in [0, 0.05) is 6.04 Å². The van der Waals surface area contributed by atoms with Gasteiger partial charge in [-0.3, -0.25) is 11.3 Å². The summed E-state index contributed by atoms with van der Waals surface area (Å²) in [7, 11) is 0. The van der Waals surface area contributed by atoms with Crippen LogP contribution in [0.15, 0.2) is 16.8 Å². The quantitative estimate of drug-likeness (QED) is 0.625. The molecular formula is C13H22N2S. The summed E-state index contributed by atoms with van der Waals surface area (Å²) in [6, 6.07) is 2.67. The third kappa shape index (κ3) is 3.06. The van der Waals surface area contributed by atoms with Crippen LogP contribution in [0, 0.1) is 11.8 Å². The van der Waals surface area contributed by atoms with E-state index in [1.54, 1.807) is 11.3 Å². The summed E-state index contributed by atoms with van der Waals surface area (Å²) in [5.41, 5.74) is 4.45. The van der Waals surface area contributed by atoms with Crippen LogP contribution < -0.4 is 11.3 Å². The van der Waals surface area contributed by atoms with E-state index in [0.717, 1.165) is 18.3 Å². The molecule has 16 heavy (non-hydrogen) atoms. The van der Waals surface area contributed by atoms with E-state index in [-0.39, 0.29) is 0 Å². The lowest BCUT2D eigenvalue weighted by Crippen LogP contribution is -2.43. The normalized spacial score (nSPS) is 27.9. The van der Waals surface area contributed by atoms with Gasteiger partial charge in [-0.05, 0) is 53.5 Å². The highest BCUT2D eigenvalue weighted by atomic mass is 32.1. The Morgan fingerprint density at radius 1 is 1.44 bits per heavy atom. The average molecular weight is 238 g/mol. The molecule has 3 heteroatoms. The van der Waals surface area contributed by atoms with E-state index in [4.69, 9.17) is 5.84 Å². The van der Waals surface area contributed by atoms with E-state index >= 15 is 0 Å². The molecule has 90 valence electrons. The van der Waals surface area contributed by atoms with Gasteiger partial charge in [0.15, 0.2) is 0 Å². The molecule has 1 aromatic heterocycles. The van der Waals surface area contributed by atoms with Gasteiger partial charge in [-0.2, -0.15) is 11.3 Å². The van der Waals surface area contributed by atoms with Crippen LogP contribution in [0.1, 0.15) is 38.2 Å². The van der Waals surface area contributed by atoms with Crippen molar-refractivity contribution < 1.29 is 0 Å². The van der Waals surface area contributed by atoms with Crippen LogP contribution in [0.4, 0.5) is 0 Å². The summed E-state index contributed by atoms with van der Waals surface area (Å²) in [5, 5.41) is 4.38. The van der Waals surface area contributed by atoms with Crippen molar-refractivity contribution in [2.45, 2.75) is 45.1 Å². The molecule has 1 aliphatic rings. The van der Waals surface area contributed by atoms with E-state index in [9.17, 15) is 0 Å². The number of rotatable bonds is 4. The minimum Gasteiger partial charge on any atom is -0.271 e. The monoisotopic (exact) mass is 238 g/mol. The Morgan fingerprint density at radius 3 is 2.75 bits per heavy atom. The van der Waals surface area contributed by atoms with Crippen LogP contribution in [0.25, 0.3) is 0 Å². The van der Waals surface area contributed by atoms with E-state index in [1.807, 2.05) is 0 Å². The largest absolute Gasteiger partial charge is 0.271 e. The second kappa shape index (κ2) is 5.80. The second-order valence-corrected chi connectivity index (χ2v) is 5.91. The van der Waals surface area contributed by atoms with Gasteiger partial charge in [0.1, 0.15) is 0 Å². The van der Waals surface area contributed by atoms with Crippen LogP contribution in [-0.4, -0.2) is 6.04 Å². The molecule has 2 nitrogen and oxygen atoms in total. The Bertz CT molecular complexity index is 289. The molecule has 0 amide bonds. The van der Waals surface area contributed by atoms with Gasteiger partial charge in [-0.15, -0.1) is 0 Å². The van der Waals surface area contributed by atoms with Crippen molar-refractivity contribution in [2.75, 3.05) is 0 Å². The highest BCUT2D eigenvalue weighted by Crippen LogP contribution is 2.31. The highest BCUT2D eigenvalue weighted by molar-refractivity contribution is 7.07. The number of hydrogen-bond acceptors (Lipinski definition) is 3. The molecule has 1 aliphatic carbocycles. The molecule has 0 aromatic carbocycles. The van der Waals surface area contributed by atoms with E-state index in [1.165, 1.54) is 31.2 Å². The van der Waals surface area contributed by atoms with Crippen molar-refractivity contribution in [2.24, 2.45) is 17.7 Å². The predicted octanol–water partition coefficient (Wildman–Crippen LogP) is 2.95. The second-order valence-electron chi connectivity index (χ2n) is 5.13. The fourth-order valence-electron chi connectivity index (χ4n) is 2.71. The lowest BCUT2D eigenvalue weighted by molar-refractivity contribution is 0.230. The maximum Gasteiger partial charge on any atom is 0.0279 e. The van der Waals surface area contributed by atoms with Gasteiger partial charge in [-0.1, -0.05) is 19.8 Å². The molecule has 1 aromatic rings. The third-order valence-corrected chi connectivity index (χ3v) is 4.61. The molecule has 1 heterocycles. The molecule has 3 N–H and O–H groups in total. The minimum absolute atomic E-state index is 0.460. The van der Waals surface area contributed by atoms with Crippen LogP contribution in [0.3, 0.4) is 0 Å². The Labute approximate surface area is 102 Å². The summed E-state index contributed by atoms with van der Waals surface area (Å²) >= 11 is 1.77. The number of nitrogens with one attached hydrogen (secondary N) is 1. The SMILES string of the molecule is CC1CCC(C(Cc2ccsc2)NN)CC1. The smallest absolute Gasteiger partial charge is 0.0279 e. The fourth-order valence-corrected chi connectivity index (χ4v) is 3.39. The van der Waals surface area contributed by atoms with Crippen molar-refractivity contribution in [3.63, 3.8) is 0 Å². The number of nitrogens with two attached hydrogens (primary N) is 1. The Hall–Kier alpha value is -0.380. The lowest BCUT2D eigenvalue weighted by Gasteiger charge is -2.32. The van der Waals surface area contributed by atoms with Crippen LogP contribution in [0.2, 0.25) is 0 Å². The van der Waals surface area contributed by atoms with Crippen LogP contribution in [0.5, 0.6) is 0 Å². The maximum absolute atomic E-state index is 5.71. The molecule has 1 unspecified atom stereocenters. The van der Waals surface area contributed by atoms with E-state index < -0.39 is 0 Å². The number of hydrazine groups is 1. The molecule has 0 bridgehead atoms. The standard InChI is InChI=1S/C13H22N2S/c1-10-2-4-12(5-3-10)13(15-14)8-11-6-7-16-9-11/h6-7,9-10,12-13,15H,2-5,8,14H2,1H3. The third-order valence-electron chi connectivity index (χ3n) is 3.88. The molecule has 0 spiro atoms. The van der Waals surface area contributed by atoms with Gasteiger partial charge in [0.05, 0.1) is 0 Å². The minimum atomic E-state index is 0.460. The van der Waals surface area contributed by atoms with Crippen molar-refractivity contribution >= 4 is 11.3 Å². The summed E-state index contributed by atoms with van der Waals surface area (Å²) in [4.78, 5) is 0. The van der Waals surface area contributed by atoms with Crippen molar-refractivity contribution in [3.8, 4) is 0 Å². The first kappa shape index (κ1) is 12.1. The molecule has 0 saturated heterocycles. The lowest BCUT2D eigenvalue weighted by atomic mass is 9.78. The van der Waals surface area contributed by atoms with Crippen LogP contribution >= 0.6 is 11.3 Å². The Kier molecular flexibility index (Phi) is 4.38. The topological polar surface area (TPSA) is 38.0 Å². The first-order valence-corrected chi connectivity index (χ1v) is 7.21. The van der Waals surface area contributed by atoms with Gasteiger partial charge in [-0.25, -0.2) is 0 Å². The zero-order valence-electron chi connectivity index (χ0n) is 9.99. The number of thiophene rings is 1. The number of hydrogen-bond donors (Lipinski definition) is 2. The van der Waals surface area contributed by atoms with E-state index in [2.05, 4.69) is 29.2 Å². The van der Waals surface area contributed by atoms with Gasteiger partial charge >= 0.3 is 0 Å². The van der Waals surface area contributed by atoms with Crippen molar-refractivity contribution in [1.82, 2.24) is 5.43 Å². The molecule has 1 saturated carbocycles. The fraction of sp³-hybridized carbons (Fsp3) is 0.692. The van der Waals surface area contributed by atoms with Crippen LogP contribution in [-0.2, 0) is 6.42 Å². The maximum atomic E-state index is 5.71. The molecular weight excluding hydrogens is 216 g/mol. The van der Waals surface area contributed by atoms with Gasteiger partial charge in [0.2, 0.25) is 0 Å². The van der Waals surface area contributed by atoms with Crippen molar-refractivity contribution in [1.29, 1.82) is 0 Å². The summed E-state index contributed by atoms with van der Waals surface area (Å²) in [6.07, 6.45) is 6.48. The van der Waals surface area contributed by atoms with Gasteiger partial charge in [0.25, 0.3) is 0 Å². The van der Waals surface area contributed by atoms with Gasteiger partial charge < -0.3 is 0 Å². The predicted molar refractivity (Wildman–Crippen MR) is 70.3 cm³/mol. The van der Waals surface area contributed by atoms with E-state index in [0.29, 0.717) is 6.04 Å². The molecule has 1 atom stereocenters. The molecule has 1 fully saturated rings. The summed E-state index contributed by atoms with van der Waals surface area (Å²) in [6.45, 7) is 2.36. The average Bonchev–Trinajstić information content (AvgIpc) is 2.80. The zero-order valence-corrected chi connectivity index (χ0v) is 10.8. The zero-order chi connectivity index (χ0) is 11.4. The van der Waals surface area contributed by atoms with Crippen molar-refractivity contribution in [3.05, 3.63) is 22.4 Å². The molecule has 2 rings (SSSR count). The summed E-state index contributed by atoms with van der Waals surface area (Å²) < 4.78 is 0. The Morgan fingerprint density at radius 2 is 2.19 bits per heavy atom. The first-order chi connectivity index (χ1) is 7.79. The highest BCUT2D eigenvalue weighted by Gasteiger charge is 2.25. The summed E-state index contributed by atoms with van der Waals surface area (Å²) in [5.74, 6) is 7.39. The first-order valence-electron chi connectivity index (χ1n) is 6.26.